The highest BCUT2D eigenvalue weighted by molar-refractivity contribution is 7.92. The van der Waals surface area contributed by atoms with Gasteiger partial charge in [0.05, 0.1) is 0 Å². The first-order chi connectivity index (χ1) is 12.8. The van der Waals surface area contributed by atoms with Gasteiger partial charge in [-0.2, -0.15) is 0 Å². The third kappa shape index (κ3) is 5.96. The number of halogens is 2. The predicted molar refractivity (Wildman–Crippen MR) is 121 cm³/mol. The molecule has 2 aliphatic heterocycles. The minimum atomic E-state index is -3.49. The van der Waals surface area contributed by atoms with E-state index in [4.69, 9.17) is 0 Å². The van der Waals surface area contributed by atoms with E-state index in [9.17, 15) is 13.2 Å². The van der Waals surface area contributed by atoms with Gasteiger partial charge in [0.15, 0.2) is 14.6 Å². The maximum atomic E-state index is 12.7. The number of hydrogen-bond donors (Lipinski definition) is 2. The van der Waals surface area contributed by atoms with Crippen LogP contribution in [0.4, 0.5) is 5.82 Å². The summed E-state index contributed by atoms with van der Waals surface area (Å²) in [7, 11) is -3.49. The highest BCUT2D eigenvalue weighted by Gasteiger charge is 2.48. The number of pyridine rings is 1. The summed E-state index contributed by atoms with van der Waals surface area (Å²) in [5.41, 5.74) is 0.870. The molecular weight excluding hydrogens is 435 g/mol. The van der Waals surface area contributed by atoms with Crippen molar-refractivity contribution in [3.8, 4) is 0 Å². The Kier molecular flexibility index (Phi) is 9.66. The van der Waals surface area contributed by atoms with Gasteiger partial charge in [-0.3, -0.25) is 4.79 Å². The van der Waals surface area contributed by atoms with Crippen molar-refractivity contribution in [1.82, 2.24) is 15.6 Å². The van der Waals surface area contributed by atoms with Gasteiger partial charge in [0.1, 0.15) is 5.82 Å². The van der Waals surface area contributed by atoms with E-state index in [-0.39, 0.29) is 31.4 Å². The van der Waals surface area contributed by atoms with E-state index in [1.165, 1.54) is 12.8 Å². The van der Waals surface area contributed by atoms with Crippen molar-refractivity contribution in [2.75, 3.05) is 37.3 Å². The molecule has 29 heavy (non-hydrogen) atoms. The lowest BCUT2D eigenvalue weighted by Gasteiger charge is -2.34. The molecule has 3 heterocycles. The third-order valence-electron chi connectivity index (χ3n) is 5.90. The Morgan fingerprint density at radius 3 is 2.38 bits per heavy atom. The van der Waals surface area contributed by atoms with E-state index >= 15 is 0 Å². The molecule has 0 atom stereocenters. The topological polar surface area (TPSA) is 91.4 Å². The Labute approximate surface area is 186 Å². The highest BCUT2D eigenvalue weighted by Crippen LogP contribution is 2.28. The lowest BCUT2D eigenvalue weighted by Crippen LogP contribution is -2.57. The first-order valence-electron chi connectivity index (χ1n) is 9.70. The van der Waals surface area contributed by atoms with Crippen LogP contribution >= 0.6 is 24.8 Å². The molecule has 7 nitrogen and oxygen atoms in total. The molecule has 0 saturated carbocycles. The van der Waals surface area contributed by atoms with Crippen LogP contribution in [0.2, 0.25) is 0 Å². The number of carbonyl (C=O) groups is 1. The second kappa shape index (κ2) is 10.8. The Balaban J connectivity index is 0.00000210. The summed E-state index contributed by atoms with van der Waals surface area (Å²) in [4.78, 5) is 19.6. The van der Waals surface area contributed by atoms with Crippen molar-refractivity contribution < 1.29 is 13.2 Å². The molecule has 0 spiro atoms. The van der Waals surface area contributed by atoms with Gasteiger partial charge in [0.25, 0.3) is 0 Å². The van der Waals surface area contributed by atoms with Gasteiger partial charge in [-0.15, -0.1) is 24.8 Å². The summed E-state index contributed by atoms with van der Waals surface area (Å²) in [6.07, 6.45) is 5.91. The SMILES string of the molecule is CC1CCN(c2ccc(CNC(=O)C3(S(C)(=O)=O)CCNCC3)cn2)CC1.Cl.Cl. The number of anilines is 1. The van der Waals surface area contributed by atoms with Crippen molar-refractivity contribution in [2.24, 2.45) is 5.92 Å². The Bertz CT molecular complexity index is 760. The van der Waals surface area contributed by atoms with Crippen molar-refractivity contribution in [3.63, 3.8) is 0 Å². The van der Waals surface area contributed by atoms with Crippen molar-refractivity contribution in [2.45, 2.75) is 43.9 Å². The zero-order valence-corrected chi connectivity index (χ0v) is 19.5. The summed E-state index contributed by atoms with van der Waals surface area (Å²) in [6, 6.07) is 3.94. The molecule has 0 unspecified atom stereocenters. The molecule has 1 amide bonds. The monoisotopic (exact) mass is 466 g/mol. The van der Waals surface area contributed by atoms with Gasteiger partial charge in [0, 0.05) is 32.1 Å². The van der Waals surface area contributed by atoms with Gasteiger partial charge in [-0.25, -0.2) is 13.4 Å². The summed E-state index contributed by atoms with van der Waals surface area (Å²) in [5, 5.41) is 5.94. The molecule has 0 aliphatic carbocycles. The summed E-state index contributed by atoms with van der Waals surface area (Å²) in [5.74, 6) is 1.33. The standard InChI is InChI=1S/C19H30N4O3S.2ClH/c1-15-5-11-23(12-6-15)17-4-3-16(13-21-17)14-22-18(24)19(27(2,25)26)7-9-20-10-8-19;;/h3-4,13,15,20H,5-12,14H2,1-2H3,(H,22,24);2*1H. The number of piperidine rings is 2. The van der Waals surface area contributed by atoms with E-state index in [1.54, 1.807) is 6.20 Å². The lowest BCUT2D eigenvalue weighted by atomic mass is 9.96. The van der Waals surface area contributed by atoms with Crippen LogP contribution in [0.15, 0.2) is 18.3 Å². The molecular formula is C19H32Cl2N4O3S. The fourth-order valence-corrected chi connectivity index (χ4v) is 5.24. The molecule has 0 aromatic carbocycles. The van der Waals surface area contributed by atoms with E-state index in [0.29, 0.717) is 25.9 Å². The normalized spacial score (nSPS) is 19.6. The molecule has 2 saturated heterocycles. The van der Waals surface area contributed by atoms with Crippen LogP contribution in [0.1, 0.15) is 38.2 Å². The van der Waals surface area contributed by atoms with Crippen LogP contribution in [0, 0.1) is 5.92 Å². The zero-order valence-electron chi connectivity index (χ0n) is 17.0. The quantitative estimate of drug-likeness (QED) is 0.688. The molecule has 1 aromatic heterocycles. The van der Waals surface area contributed by atoms with Crippen LogP contribution in [-0.4, -0.2) is 56.5 Å². The minimum Gasteiger partial charge on any atom is -0.357 e. The van der Waals surface area contributed by atoms with Gasteiger partial charge in [0.2, 0.25) is 5.91 Å². The molecule has 0 bridgehead atoms. The van der Waals surface area contributed by atoms with Crippen molar-refractivity contribution in [3.05, 3.63) is 23.9 Å². The number of sulfone groups is 1. The maximum Gasteiger partial charge on any atom is 0.241 e. The number of nitrogens with zero attached hydrogens (tertiary/aromatic N) is 2. The fraction of sp³-hybridized carbons (Fsp3) is 0.684. The molecule has 166 valence electrons. The van der Waals surface area contributed by atoms with Crippen molar-refractivity contribution >= 4 is 46.4 Å². The van der Waals surface area contributed by atoms with E-state index < -0.39 is 20.5 Å². The van der Waals surface area contributed by atoms with Crippen LogP contribution in [-0.2, 0) is 21.2 Å². The Hall–Kier alpha value is -1.09. The van der Waals surface area contributed by atoms with E-state index in [2.05, 4.69) is 27.4 Å². The average Bonchev–Trinajstić information content (AvgIpc) is 2.67. The second-order valence-electron chi connectivity index (χ2n) is 7.89. The zero-order chi connectivity index (χ0) is 19.5. The number of rotatable bonds is 5. The summed E-state index contributed by atoms with van der Waals surface area (Å²) >= 11 is 0. The maximum absolute atomic E-state index is 12.7. The molecule has 3 rings (SSSR count). The van der Waals surface area contributed by atoms with E-state index in [0.717, 1.165) is 36.6 Å². The average molecular weight is 467 g/mol. The number of aromatic nitrogens is 1. The molecule has 10 heteroatoms. The van der Waals surface area contributed by atoms with Gasteiger partial charge < -0.3 is 15.5 Å². The molecule has 2 N–H and O–H groups in total. The van der Waals surface area contributed by atoms with E-state index in [1.807, 2.05) is 12.1 Å². The molecule has 2 aliphatic rings. The first-order valence-corrected chi connectivity index (χ1v) is 11.6. The lowest BCUT2D eigenvalue weighted by molar-refractivity contribution is -0.124. The predicted octanol–water partition coefficient (Wildman–Crippen LogP) is 1.94. The highest BCUT2D eigenvalue weighted by atomic mass is 35.5. The summed E-state index contributed by atoms with van der Waals surface area (Å²) < 4.78 is 23.3. The Morgan fingerprint density at radius 2 is 1.86 bits per heavy atom. The van der Waals surface area contributed by atoms with Crippen LogP contribution in [0.3, 0.4) is 0 Å². The molecule has 0 radical (unpaired) electrons. The van der Waals surface area contributed by atoms with Crippen LogP contribution in [0.5, 0.6) is 0 Å². The minimum absolute atomic E-state index is 0. The van der Waals surface area contributed by atoms with Gasteiger partial charge in [-0.1, -0.05) is 13.0 Å². The largest absolute Gasteiger partial charge is 0.357 e. The smallest absolute Gasteiger partial charge is 0.241 e. The number of amides is 1. The molecule has 1 aromatic rings. The third-order valence-corrected chi connectivity index (χ3v) is 7.92. The van der Waals surface area contributed by atoms with Gasteiger partial charge in [-0.05, 0) is 56.3 Å². The first kappa shape index (κ1) is 25.9. The summed E-state index contributed by atoms with van der Waals surface area (Å²) in [6.45, 7) is 5.68. The number of nitrogens with one attached hydrogen (secondary N) is 2. The fourth-order valence-electron chi connectivity index (χ4n) is 3.89. The van der Waals surface area contributed by atoms with Crippen LogP contribution < -0.4 is 15.5 Å². The van der Waals surface area contributed by atoms with Gasteiger partial charge >= 0.3 is 0 Å². The Morgan fingerprint density at radius 1 is 1.24 bits per heavy atom. The number of hydrogen-bond acceptors (Lipinski definition) is 6. The van der Waals surface area contributed by atoms with Crippen molar-refractivity contribution in [1.29, 1.82) is 0 Å². The number of carbonyl (C=O) groups excluding carboxylic acids is 1. The van der Waals surface area contributed by atoms with Crippen LogP contribution in [0.25, 0.3) is 0 Å². The molecule has 2 fully saturated rings. The second-order valence-corrected chi connectivity index (χ2v) is 10.2.